The van der Waals surface area contributed by atoms with Gasteiger partial charge in [0.1, 0.15) is 0 Å². The van der Waals surface area contributed by atoms with E-state index in [1.54, 1.807) is 0 Å². The minimum Gasteiger partial charge on any atom is -0.491 e. The summed E-state index contributed by atoms with van der Waals surface area (Å²) in [6.45, 7) is 3.88. The van der Waals surface area contributed by atoms with Crippen molar-refractivity contribution in [1.29, 1.82) is 0 Å². The van der Waals surface area contributed by atoms with Crippen LogP contribution in [0.5, 0.6) is 5.75 Å². The number of aliphatic carboxylic acids is 1. The number of allylic oxidation sites excluding steroid dienone is 1. The van der Waals surface area contributed by atoms with Gasteiger partial charge in [0.15, 0.2) is 17.4 Å². The molecule has 0 radical (unpaired) electrons. The molecule has 7 heteroatoms. The van der Waals surface area contributed by atoms with Gasteiger partial charge < -0.3 is 14.7 Å². The van der Waals surface area contributed by atoms with Crippen molar-refractivity contribution >= 4 is 11.9 Å². The number of carboxylic acid groups (broad SMARTS) is 1. The van der Waals surface area contributed by atoms with E-state index < -0.39 is 34.7 Å². The number of likely N-dealkylation sites (tertiary alicyclic amines) is 1. The fraction of sp³-hybridized carbons (Fsp3) is 0.412. The highest BCUT2D eigenvalue weighted by Crippen LogP contribution is 2.35. The molecular weight excluding hydrogens is 320 g/mol. The van der Waals surface area contributed by atoms with Crippen molar-refractivity contribution in [1.82, 2.24) is 4.90 Å². The Morgan fingerprint density at radius 3 is 2.54 bits per heavy atom. The second kappa shape index (κ2) is 6.98. The molecular formula is C17H19F2NO4. The molecule has 0 bridgehead atoms. The first-order valence-corrected chi connectivity index (χ1v) is 7.51. The molecule has 24 heavy (non-hydrogen) atoms. The Morgan fingerprint density at radius 2 is 2.04 bits per heavy atom. The molecule has 130 valence electrons. The third-order valence-electron chi connectivity index (χ3n) is 4.30. The average molecular weight is 339 g/mol. The largest absolute Gasteiger partial charge is 0.491 e. The summed E-state index contributed by atoms with van der Waals surface area (Å²) in [5.74, 6) is -4.13. The van der Waals surface area contributed by atoms with Crippen LogP contribution < -0.4 is 4.74 Å². The van der Waals surface area contributed by atoms with Gasteiger partial charge in [0.05, 0.1) is 12.5 Å². The maximum Gasteiger partial charge on any atom is 0.311 e. The van der Waals surface area contributed by atoms with Crippen molar-refractivity contribution in [3.63, 3.8) is 0 Å². The number of amides is 1. The number of ether oxygens (including phenoxy) is 1. The number of piperidine rings is 1. The van der Waals surface area contributed by atoms with E-state index in [4.69, 9.17) is 0 Å². The van der Waals surface area contributed by atoms with E-state index in [-0.39, 0.29) is 18.5 Å². The zero-order valence-corrected chi connectivity index (χ0v) is 13.3. The molecule has 1 aromatic rings. The summed E-state index contributed by atoms with van der Waals surface area (Å²) in [5, 5.41) is 9.52. The fourth-order valence-electron chi connectivity index (χ4n) is 3.07. The summed E-state index contributed by atoms with van der Waals surface area (Å²) in [7, 11) is 1.13. The monoisotopic (exact) mass is 339 g/mol. The van der Waals surface area contributed by atoms with Gasteiger partial charge in [-0.3, -0.25) is 9.59 Å². The van der Waals surface area contributed by atoms with Gasteiger partial charge in [-0.25, -0.2) is 8.78 Å². The Kier molecular flexibility index (Phi) is 5.21. The molecule has 0 aliphatic carbocycles. The van der Waals surface area contributed by atoms with E-state index in [1.165, 1.54) is 11.0 Å². The summed E-state index contributed by atoms with van der Waals surface area (Å²) in [6.07, 6.45) is 2.64. The highest BCUT2D eigenvalue weighted by molar-refractivity contribution is 5.95. The summed E-state index contributed by atoms with van der Waals surface area (Å²) < 4.78 is 32.2. The Labute approximate surface area is 138 Å². The Bertz CT molecular complexity index is 654. The lowest BCUT2D eigenvalue weighted by Crippen LogP contribution is -2.49. The topological polar surface area (TPSA) is 66.8 Å². The van der Waals surface area contributed by atoms with Crippen LogP contribution in [-0.4, -0.2) is 42.1 Å². The number of carboxylic acids is 1. The van der Waals surface area contributed by atoms with Gasteiger partial charge in [-0.2, -0.15) is 0 Å². The smallest absolute Gasteiger partial charge is 0.311 e. The van der Waals surface area contributed by atoms with E-state index in [9.17, 15) is 23.5 Å². The molecule has 1 aliphatic rings. The van der Waals surface area contributed by atoms with Crippen LogP contribution >= 0.6 is 0 Å². The van der Waals surface area contributed by atoms with Crippen molar-refractivity contribution in [2.24, 2.45) is 5.41 Å². The number of carbonyl (C=O) groups excluding carboxylic acids is 1. The Morgan fingerprint density at radius 1 is 1.42 bits per heavy atom. The molecule has 1 atom stereocenters. The summed E-state index contributed by atoms with van der Waals surface area (Å²) in [5.41, 5.74) is -1.29. The van der Waals surface area contributed by atoms with Crippen molar-refractivity contribution in [3.8, 4) is 5.75 Å². The standard InChI is InChI=1S/C17H19F2NO4/c1-3-5-17(16(22)23)6-4-7-20(10-17)15(21)11-8-12(18)14(24-2)13(19)9-11/h3,8-9H,1,4-7,10H2,2H3,(H,22,23). The third-order valence-corrected chi connectivity index (χ3v) is 4.30. The summed E-state index contributed by atoms with van der Waals surface area (Å²) >= 11 is 0. The molecule has 1 saturated heterocycles. The van der Waals surface area contributed by atoms with Crippen LogP contribution in [0.15, 0.2) is 24.8 Å². The Hall–Kier alpha value is -2.44. The first-order valence-electron chi connectivity index (χ1n) is 7.51. The SMILES string of the molecule is C=CCC1(C(=O)O)CCCN(C(=O)c2cc(F)c(OC)c(F)c2)C1. The number of halogens is 2. The highest BCUT2D eigenvalue weighted by Gasteiger charge is 2.42. The van der Waals surface area contributed by atoms with E-state index in [2.05, 4.69) is 11.3 Å². The predicted molar refractivity (Wildman–Crippen MR) is 82.9 cm³/mol. The van der Waals surface area contributed by atoms with Crippen molar-refractivity contribution in [2.75, 3.05) is 20.2 Å². The number of methoxy groups -OCH3 is 1. The quantitative estimate of drug-likeness (QED) is 0.838. The molecule has 1 heterocycles. The van der Waals surface area contributed by atoms with Gasteiger partial charge in [0, 0.05) is 18.7 Å². The van der Waals surface area contributed by atoms with Gasteiger partial charge >= 0.3 is 5.97 Å². The normalized spacial score (nSPS) is 20.5. The molecule has 1 aliphatic heterocycles. The zero-order valence-electron chi connectivity index (χ0n) is 13.3. The molecule has 1 N–H and O–H groups in total. The summed E-state index contributed by atoms with van der Waals surface area (Å²) in [6, 6.07) is 1.80. The molecule has 0 saturated carbocycles. The van der Waals surface area contributed by atoms with Crippen molar-refractivity contribution in [3.05, 3.63) is 42.0 Å². The second-order valence-electron chi connectivity index (χ2n) is 5.88. The molecule has 2 rings (SSSR count). The van der Waals surface area contributed by atoms with Crippen LogP contribution in [0.3, 0.4) is 0 Å². The predicted octanol–water partition coefficient (Wildman–Crippen LogP) is 2.86. The lowest BCUT2D eigenvalue weighted by molar-refractivity contribution is -0.151. The lowest BCUT2D eigenvalue weighted by Gasteiger charge is -2.39. The van der Waals surface area contributed by atoms with Crippen molar-refractivity contribution in [2.45, 2.75) is 19.3 Å². The molecule has 1 aromatic carbocycles. The maximum absolute atomic E-state index is 13.8. The van der Waals surface area contributed by atoms with Crippen LogP contribution in [0.1, 0.15) is 29.6 Å². The van der Waals surface area contributed by atoms with Crippen LogP contribution in [0.4, 0.5) is 8.78 Å². The van der Waals surface area contributed by atoms with E-state index in [0.717, 1.165) is 19.2 Å². The van der Waals surface area contributed by atoms with E-state index in [1.807, 2.05) is 0 Å². The van der Waals surface area contributed by atoms with Gasteiger partial charge in [-0.1, -0.05) is 6.08 Å². The Balaban J connectivity index is 2.29. The number of hydrogen-bond donors (Lipinski definition) is 1. The molecule has 1 amide bonds. The van der Waals surface area contributed by atoms with E-state index >= 15 is 0 Å². The number of hydrogen-bond acceptors (Lipinski definition) is 3. The molecule has 0 aromatic heterocycles. The zero-order chi connectivity index (χ0) is 17.9. The van der Waals surface area contributed by atoms with Gasteiger partial charge in [-0.15, -0.1) is 6.58 Å². The second-order valence-corrected chi connectivity index (χ2v) is 5.88. The van der Waals surface area contributed by atoms with Crippen LogP contribution in [0, 0.1) is 17.0 Å². The number of rotatable bonds is 5. The minimum atomic E-state index is -1.11. The molecule has 0 spiro atoms. The number of nitrogens with zero attached hydrogens (tertiary/aromatic N) is 1. The van der Waals surface area contributed by atoms with Crippen LogP contribution in [-0.2, 0) is 4.79 Å². The summed E-state index contributed by atoms with van der Waals surface area (Å²) in [4.78, 5) is 25.5. The van der Waals surface area contributed by atoms with Crippen LogP contribution in [0.2, 0.25) is 0 Å². The first-order chi connectivity index (χ1) is 11.3. The highest BCUT2D eigenvalue weighted by atomic mass is 19.1. The average Bonchev–Trinajstić information content (AvgIpc) is 2.54. The molecule has 5 nitrogen and oxygen atoms in total. The van der Waals surface area contributed by atoms with Crippen molar-refractivity contribution < 1.29 is 28.2 Å². The minimum absolute atomic E-state index is 0.0253. The first kappa shape index (κ1) is 17.9. The number of benzene rings is 1. The van der Waals surface area contributed by atoms with Gasteiger partial charge in [-0.05, 0) is 31.4 Å². The third kappa shape index (κ3) is 3.25. The maximum atomic E-state index is 13.8. The van der Waals surface area contributed by atoms with Crippen LogP contribution in [0.25, 0.3) is 0 Å². The van der Waals surface area contributed by atoms with E-state index in [0.29, 0.717) is 19.4 Å². The van der Waals surface area contributed by atoms with Gasteiger partial charge in [0.2, 0.25) is 0 Å². The molecule has 1 fully saturated rings. The van der Waals surface area contributed by atoms with Gasteiger partial charge in [0.25, 0.3) is 5.91 Å². The molecule has 1 unspecified atom stereocenters. The lowest BCUT2D eigenvalue weighted by atomic mass is 9.77. The number of carbonyl (C=O) groups is 2. The fourth-order valence-corrected chi connectivity index (χ4v) is 3.07.